The third-order valence-corrected chi connectivity index (χ3v) is 4.00. The van der Waals surface area contributed by atoms with E-state index in [4.69, 9.17) is 10.1 Å². The molecule has 0 aliphatic carbocycles. The van der Waals surface area contributed by atoms with Gasteiger partial charge in [0.2, 0.25) is 5.90 Å². The van der Waals surface area contributed by atoms with Crippen molar-refractivity contribution in [2.45, 2.75) is 13.0 Å². The molecule has 2 aromatic carbocycles. The molecule has 0 unspecified atom stereocenters. The zero-order valence-corrected chi connectivity index (χ0v) is 13.9. The lowest BCUT2D eigenvalue weighted by atomic mass is 9.98. The van der Waals surface area contributed by atoms with Crippen molar-refractivity contribution in [3.63, 3.8) is 0 Å². The Morgan fingerprint density at radius 1 is 1.14 bits per heavy atom. The quantitative estimate of drug-likeness (QED) is 0.457. The zero-order valence-electron chi connectivity index (χ0n) is 11.8. The molecule has 0 aromatic heterocycles. The highest BCUT2D eigenvalue weighted by Crippen LogP contribution is 2.27. The van der Waals surface area contributed by atoms with Gasteiger partial charge in [-0.3, -0.25) is 5.41 Å². The monoisotopic (exact) mass is 395 g/mol. The summed E-state index contributed by atoms with van der Waals surface area (Å²) < 4.78 is 6.98. The average molecular weight is 395 g/mol. The maximum absolute atomic E-state index is 9.45. The van der Waals surface area contributed by atoms with Crippen LogP contribution in [-0.2, 0) is 4.74 Å². The molecule has 2 aromatic rings. The maximum atomic E-state index is 9.45. The molecule has 0 bridgehead atoms. The van der Waals surface area contributed by atoms with Crippen LogP contribution in [0.15, 0.2) is 54.6 Å². The van der Waals surface area contributed by atoms with Gasteiger partial charge in [0, 0.05) is 21.7 Å². The first kappa shape index (κ1) is 16.0. The highest BCUT2D eigenvalue weighted by atomic mass is 127. The second-order valence-corrected chi connectivity index (χ2v) is 6.19. The van der Waals surface area contributed by atoms with Gasteiger partial charge < -0.3 is 9.84 Å². The van der Waals surface area contributed by atoms with Crippen LogP contribution < -0.4 is 0 Å². The molecule has 0 saturated heterocycles. The predicted molar refractivity (Wildman–Crippen MR) is 92.5 cm³/mol. The number of halogens is 1. The number of benzene rings is 2. The molecule has 0 fully saturated rings. The predicted octanol–water partition coefficient (Wildman–Crippen LogP) is 4.00. The van der Waals surface area contributed by atoms with E-state index in [1.165, 1.54) is 0 Å². The Morgan fingerprint density at radius 3 is 2.33 bits per heavy atom. The molecule has 4 heteroatoms. The molecule has 21 heavy (non-hydrogen) atoms. The van der Waals surface area contributed by atoms with Gasteiger partial charge in [0.15, 0.2) is 0 Å². The smallest absolute Gasteiger partial charge is 0.213 e. The van der Waals surface area contributed by atoms with Crippen molar-refractivity contribution >= 4 is 28.5 Å². The lowest BCUT2D eigenvalue weighted by Gasteiger charge is -2.24. The minimum Gasteiger partial charge on any atom is -0.469 e. The Balaban J connectivity index is 2.21. The number of nitrogens with one attached hydrogen (secondary N) is 1. The average Bonchev–Trinajstić information content (AvgIpc) is 2.53. The minimum absolute atomic E-state index is 0.0126. The summed E-state index contributed by atoms with van der Waals surface area (Å²) >= 11 is 2.25. The fourth-order valence-electron chi connectivity index (χ4n) is 2.05. The van der Waals surface area contributed by atoms with Crippen LogP contribution in [-0.4, -0.2) is 17.6 Å². The van der Waals surface area contributed by atoms with Crippen molar-refractivity contribution in [2.75, 3.05) is 6.61 Å². The van der Waals surface area contributed by atoms with Crippen molar-refractivity contribution < 1.29 is 9.84 Å². The largest absolute Gasteiger partial charge is 0.469 e. The van der Waals surface area contributed by atoms with Gasteiger partial charge in [-0.15, -0.1) is 0 Å². The Labute approximate surface area is 138 Å². The lowest BCUT2D eigenvalue weighted by molar-refractivity contribution is 0.0872. The molecule has 0 spiro atoms. The van der Waals surface area contributed by atoms with Crippen LogP contribution in [0.1, 0.15) is 24.2 Å². The molecular formula is C17H18INO2. The van der Waals surface area contributed by atoms with Crippen LogP contribution in [0.3, 0.4) is 0 Å². The molecule has 2 N–H and O–H groups in total. The molecule has 110 valence electrons. The third-order valence-electron chi connectivity index (χ3n) is 3.28. The summed E-state index contributed by atoms with van der Waals surface area (Å²) in [5.74, 6) is 0.0357. The van der Waals surface area contributed by atoms with E-state index in [9.17, 15) is 5.11 Å². The van der Waals surface area contributed by atoms with Gasteiger partial charge in [0.25, 0.3) is 0 Å². The number of ether oxygens (including phenoxy) is 1. The van der Waals surface area contributed by atoms with Gasteiger partial charge in [0.1, 0.15) is 6.10 Å². The Bertz CT molecular complexity index is 583. The normalized spacial score (nSPS) is 13.5. The second kappa shape index (κ2) is 7.56. The summed E-state index contributed by atoms with van der Waals surface area (Å²) in [6, 6.07) is 17.3. The number of hydrogen-bond donors (Lipinski definition) is 2. The van der Waals surface area contributed by atoms with Gasteiger partial charge in [-0.05, 0) is 52.4 Å². The lowest BCUT2D eigenvalue weighted by Crippen LogP contribution is -2.20. The van der Waals surface area contributed by atoms with Crippen LogP contribution in [0.25, 0.3) is 0 Å². The van der Waals surface area contributed by atoms with E-state index >= 15 is 0 Å². The number of aliphatic hydroxyl groups is 1. The molecule has 2 rings (SSSR count). The van der Waals surface area contributed by atoms with Crippen molar-refractivity contribution in [3.05, 3.63) is 69.3 Å². The molecule has 0 saturated carbocycles. The summed E-state index contributed by atoms with van der Waals surface area (Å²) in [7, 11) is 0. The summed E-state index contributed by atoms with van der Waals surface area (Å²) in [6.45, 7) is 1.93. The molecule has 0 heterocycles. The van der Waals surface area contributed by atoms with Gasteiger partial charge in [0.05, 0.1) is 0 Å². The molecule has 0 aliphatic rings. The van der Waals surface area contributed by atoms with Crippen molar-refractivity contribution in [1.29, 1.82) is 5.41 Å². The van der Waals surface area contributed by atoms with E-state index < -0.39 is 0 Å². The summed E-state index contributed by atoms with van der Waals surface area (Å²) in [5, 5.41) is 17.6. The molecule has 0 aliphatic heterocycles. The van der Waals surface area contributed by atoms with E-state index in [1.807, 2.05) is 61.5 Å². The van der Waals surface area contributed by atoms with Crippen molar-refractivity contribution in [2.24, 2.45) is 5.92 Å². The molecular weight excluding hydrogens is 377 g/mol. The van der Waals surface area contributed by atoms with Crippen LogP contribution in [0, 0.1) is 14.9 Å². The van der Waals surface area contributed by atoms with E-state index in [1.54, 1.807) is 0 Å². The van der Waals surface area contributed by atoms with Crippen LogP contribution in [0.5, 0.6) is 0 Å². The number of hydrogen-bond acceptors (Lipinski definition) is 3. The molecule has 3 nitrogen and oxygen atoms in total. The fraction of sp³-hybridized carbons (Fsp3) is 0.235. The van der Waals surface area contributed by atoms with Crippen molar-refractivity contribution in [1.82, 2.24) is 0 Å². The zero-order chi connectivity index (χ0) is 15.2. The Morgan fingerprint density at radius 2 is 1.76 bits per heavy atom. The molecule has 0 amide bonds. The summed E-state index contributed by atoms with van der Waals surface area (Å²) in [5.41, 5.74) is 1.70. The molecule has 2 atom stereocenters. The highest BCUT2D eigenvalue weighted by molar-refractivity contribution is 14.1. The first-order valence-electron chi connectivity index (χ1n) is 6.78. The van der Waals surface area contributed by atoms with Crippen LogP contribution in [0.2, 0.25) is 0 Å². The summed E-state index contributed by atoms with van der Waals surface area (Å²) in [6.07, 6.45) is -0.334. The topological polar surface area (TPSA) is 53.3 Å². The van der Waals surface area contributed by atoms with Gasteiger partial charge >= 0.3 is 0 Å². The van der Waals surface area contributed by atoms with E-state index in [0.717, 1.165) is 14.7 Å². The Hall–Kier alpha value is -1.40. The molecule has 0 radical (unpaired) electrons. The van der Waals surface area contributed by atoms with E-state index in [2.05, 4.69) is 22.6 Å². The fourth-order valence-corrected chi connectivity index (χ4v) is 2.41. The minimum atomic E-state index is -0.334. The maximum Gasteiger partial charge on any atom is 0.213 e. The first-order chi connectivity index (χ1) is 10.1. The Kier molecular flexibility index (Phi) is 5.76. The third kappa shape index (κ3) is 4.28. The van der Waals surface area contributed by atoms with E-state index in [-0.39, 0.29) is 24.5 Å². The van der Waals surface area contributed by atoms with Crippen LogP contribution >= 0.6 is 22.6 Å². The second-order valence-electron chi connectivity index (χ2n) is 4.95. The van der Waals surface area contributed by atoms with Crippen molar-refractivity contribution in [3.8, 4) is 0 Å². The number of aliphatic hydroxyl groups excluding tert-OH is 1. The highest BCUT2D eigenvalue weighted by Gasteiger charge is 2.22. The van der Waals surface area contributed by atoms with E-state index in [0.29, 0.717) is 0 Å². The first-order valence-corrected chi connectivity index (χ1v) is 7.86. The van der Waals surface area contributed by atoms with Gasteiger partial charge in [-0.2, -0.15) is 0 Å². The van der Waals surface area contributed by atoms with Gasteiger partial charge in [-0.25, -0.2) is 0 Å². The van der Waals surface area contributed by atoms with Gasteiger partial charge in [-0.1, -0.05) is 37.3 Å². The number of rotatable bonds is 5. The SMILES string of the molecule is C[C@H](CO)[C@H](OC(=N)c1ccccc1)c1ccc(I)cc1. The summed E-state index contributed by atoms with van der Waals surface area (Å²) in [4.78, 5) is 0. The van der Waals surface area contributed by atoms with Crippen LogP contribution in [0.4, 0.5) is 0 Å². The standard InChI is InChI=1S/C17H18INO2/c1-12(11-20)16(13-7-9-15(18)10-8-13)21-17(19)14-5-3-2-4-6-14/h2-10,12,16,19-20H,11H2,1H3/t12-,16+/m1/s1.